The average Bonchev–Trinajstić information content (AvgIpc) is 2.60. The predicted molar refractivity (Wildman–Crippen MR) is 70.9 cm³/mol. The van der Waals surface area contributed by atoms with E-state index in [1.54, 1.807) is 0 Å². The third-order valence-corrected chi connectivity index (χ3v) is 6.75. The van der Waals surface area contributed by atoms with E-state index in [1.807, 2.05) is 0 Å². The van der Waals surface area contributed by atoms with Crippen molar-refractivity contribution in [2.45, 2.75) is 58.9 Å². The zero-order valence-electron chi connectivity index (χ0n) is 11.4. The fraction of sp³-hybridized carbons (Fsp3) is 1.00. The molecular weight excluding hydrogens is 216 g/mol. The Kier molecular flexibility index (Phi) is 6.62. The molecule has 0 N–H and O–H groups in total. The zero-order valence-corrected chi connectivity index (χ0v) is 12.5. The van der Waals surface area contributed by atoms with Crippen LogP contribution >= 0.6 is 0 Å². The molecule has 1 rings (SSSR count). The average molecular weight is 244 g/mol. The molecule has 2 nitrogen and oxygen atoms in total. The Labute approximate surface area is 103 Å². The lowest BCUT2D eigenvalue weighted by Gasteiger charge is -2.28. The van der Waals surface area contributed by atoms with Crippen LogP contribution in [0.1, 0.15) is 53.4 Å². The van der Waals surface area contributed by atoms with E-state index in [0.29, 0.717) is 0 Å². The molecule has 0 aromatic carbocycles. The maximum absolute atomic E-state index is 6.03. The quantitative estimate of drug-likeness (QED) is 0.638. The lowest BCUT2D eigenvalue weighted by atomic mass is 10.1. The Balaban J connectivity index is 2.51. The van der Waals surface area contributed by atoms with Gasteiger partial charge in [-0.2, -0.15) is 0 Å². The summed E-state index contributed by atoms with van der Waals surface area (Å²) in [7, 11) is -1.44. The molecular formula is C13H28O2Si. The monoisotopic (exact) mass is 244 g/mol. The number of hydrogen-bond donors (Lipinski definition) is 0. The summed E-state index contributed by atoms with van der Waals surface area (Å²) in [6.07, 6.45) is 4.93. The molecule has 0 aromatic rings. The van der Waals surface area contributed by atoms with Crippen LogP contribution in [0, 0.1) is 11.8 Å². The maximum atomic E-state index is 6.03. The smallest absolute Gasteiger partial charge is 0.325 e. The van der Waals surface area contributed by atoms with Gasteiger partial charge < -0.3 is 8.85 Å². The second-order valence-electron chi connectivity index (χ2n) is 5.22. The van der Waals surface area contributed by atoms with Crippen molar-refractivity contribution in [1.29, 1.82) is 0 Å². The molecule has 0 bridgehead atoms. The third kappa shape index (κ3) is 3.86. The van der Waals surface area contributed by atoms with Gasteiger partial charge in [0.25, 0.3) is 0 Å². The van der Waals surface area contributed by atoms with Gasteiger partial charge in [-0.1, -0.05) is 40.5 Å². The van der Waals surface area contributed by atoms with Crippen molar-refractivity contribution in [2.24, 2.45) is 11.8 Å². The van der Waals surface area contributed by atoms with Gasteiger partial charge in [0.1, 0.15) is 0 Å². The summed E-state index contributed by atoms with van der Waals surface area (Å²) in [5.41, 5.74) is 0.734. The molecule has 0 amide bonds. The van der Waals surface area contributed by atoms with Crippen LogP contribution in [-0.2, 0) is 8.85 Å². The van der Waals surface area contributed by atoms with Crippen LogP contribution in [0.4, 0.5) is 0 Å². The van der Waals surface area contributed by atoms with Crippen molar-refractivity contribution in [3.8, 4) is 0 Å². The summed E-state index contributed by atoms with van der Waals surface area (Å²) in [6.45, 7) is 10.9. The first-order chi connectivity index (χ1) is 7.70. The van der Waals surface area contributed by atoms with E-state index in [0.717, 1.165) is 43.4 Å². The summed E-state index contributed by atoms with van der Waals surface area (Å²) in [4.78, 5) is 0. The van der Waals surface area contributed by atoms with Crippen molar-refractivity contribution in [1.82, 2.24) is 0 Å². The highest BCUT2D eigenvalue weighted by Crippen LogP contribution is 2.43. The summed E-state index contributed by atoms with van der Waals surface area (Å²) >= 11 is 0. The second-order valence-corrected chi connectivity index (χ2v) is 7.39. The van der Waals surface area contributed by atoms with Crippen LogP contribution in [0.25, 0.3) is 0 Å². The van der Waals surface area contributed by atoms with Crippen LogP contribution in [0.3, 0.4) is 0 Å². The largest absolute Gasteiger partial charge is 0.396 e. The molecule has 16 heavy (non-hydrogen) atoms. The summed E-state index contributed by atoms with van der Waals surface area (Å²) in [6, 6.07) is 0. The standard InChI is InChI=1S/C13H28O2Si/c1-5-9-14-16(15-10-6-2)13-11(3)7-8-12(13)4/h11-13,16H,5-10H2,1-4H3. The maximum Gasteiger partial charge on any atom is 0.325 e. The third-order valence-electron chi connectivity index (χ3n) is 3.68. The summed E-state index contributed by atoms with van der Waals surface area (Å²) < 4.78 is 12.1. The predicted octanol–water partition coefficient (Wildman–Crippen LogP) is 3.50. The molecule has 3 heteroatoms. The van der Waals surface area contributed by atoms with Crippen LogP contribution in [0.15, 0.2) is 0 Å². The summed E-state index contributed by atoms with van der Waals surface area (Å²) in [5, 5.41) is 0. The van der Waals surface area contributed by atoms with E-state index in [4.69, 9.17) is 8.85 Å². The fourth-order valence-electron chi connectivity index (χ4n) is 2.75. The van der Waals surface area contributed by atoms with Gasteiger partial charge in [-0.15, -0.1) is 0 Å². The normalized spacial score (nSPS) is 30.2. The Morgan fingerprint density at radius 2 is 1.38 bits per heavy atom. The second kappa shape index (κ2) is 7.46. The van der Waals surface area contributed by atoms with E-state index in [1.165, 1.54) is 12.8 Å². The minimum absolute atomic E-state index is 0.734. The van der Waals surface area contributed by atoms with Crippen molar-refractivity contribution in [3.05, 3.63) is 0 Å². The van der Waals surface area contributed by atoms with Crippen LogP contribution in [-0.4, -0.2) is 22.5 Å². The molecule has 1 saturated carbocycles. The molecule has 1 fully saturated rings. The molecule has 0 aromatic heterocycles. The van der Waals surface area contributed by atoms with E-state index in [2.05, 4.69) is 27.7 Å². The van der Waals surface area contributed by atoms with Gasteiger partial charge in [0, 0.05) is 18.8 Å². The van der Waals surface area contributed by atoms with E-state index in [9.17, 15) is 0 Å². The molecule has 0 radical (unpaired) electrons. The Morgan fingerprint density at radius 1 is 0.938 bits per heavy atom. The van der Waals surface area contributed by atoms with Crippen LogP contribution in [0.5, 0.6) is 0 Å². The highest BCUT2D eigenvalue weighted by atomic mass is 28.3. The molecule has 0 spiro atoms. The van der Waals surface area contributed by atoms with Crippen molar-refractivity contribution >= 4 is 9.28 Å². The minimum Gasteiger partial charge on any atom is -0.396 e. The molecule has 0 saturated heterocycles. The SMILES string of the molecule is CCCO[SiH](OCCC)C1C(C)CCC1C. The highest BCUT2D eigenvalue weighted by molar-refractivity contribution is 6.46. The summed E-state index contributed by atoms with van der Waals surface area (Å²) in [5.74, 6) is 1.61. The molecule has 0 aliphatic heterocycles. The molecule has 2 atom stereocenters. The van der Waals surface area contributed by atoms with Crippen LogP contribution in [0.2, 0.25) is 5.54 Å². The van der Waals surface area contributed by atoms with Gasteiger partial charge in [-0.25, -0.2) is 0 Å². The van der Waals surface area contributed by atoms with Crippen molar-refractivity contribution in [3.63, 3.8) is 0 Å². The Bertz CT molecular complexity index is 169. The first kappa shape index (κ1) is 14.2. The van der Waals surface area contributed by atoms with Gasteiger partial charge in [-0.3, -0.25) is 0 Å². The first-order valence-corrected chi connectivity index (χ1v) is 8.54. The van der Waals surface area contributed by atoms with Crippen molar-refractivity contribution < 1.29 is 8.85 Å². The first-order valence-electron chi connectivity index (χ1n) is 6.93. The lowest BCUT2D eigenvalue weighted by Crippen LogP contribution is -2.33. The Morgan fingerprint density at radius 3 is 1.75 bits per heavy atom. The number of rotatable bonds is 7. The molecule has 96 valence electrons. The van der Waals surface area contributed by atoms with Gasteiger partial charge in [0.05, 0.1) is 0 Å². The van der Waals surface area contributed by atoms with E-state index in [-0.39, 0.29) is 0 Å². The van der Waals surface area contributed by atoms with Gasteiger partial charge >= 0.3 is 9.28 Å². The lowest BCUT2D eigenvalue weighted by molar-refractivity contribution is 0.177. The molecule has 0 heterocycles. The number of hydrogen-bond acceptors (Lipinski definition) is 2. The van der Waals surface area contributed by atoms with Gasteiger partial charge in [-0.05, 0) is 24.7 Å². The highest BCUT2D eigenvalue weighted by Gasteiger charge is 2.39. The van der Waals surface area contributed by atoms with Gasteiger partial charge in [0.2, 0.25) is 0 Å². The fourth-order valence-corrected chi connectivity index (χ4v) is 5.68. The molecule has 2 unspecified atom stereocenters. The molecule has 1 aliphatic carbocycles. The minimum atomic E-state index is -1.44. The Hall–Kier alpha value is 0.137. The van der Waals surface area contributed by atoms with E-state index >= 15 is 0 Å². The zero-order chi connectivity index (χ0) is 12.0. The van der Waals surface area contributed by atoms with E-state index < -0.39 is 9.28 Å². The molecule has 1 aliphatic rings. The topological polar surface area (TPSA) is 18.5 Å². The van der Waals surface area contributed by atoms with Crippen LogP contribution < -0.4 is 0 Å². The van der Waals surface area contributed by atoms with Crippen molar-refractivity contribution in [2.75, 3.05) is 13.2 Å². The van der Waals surface area contributed by atoms with Gasteiger partial charge in [0.15, 0.2) is 0 Å².